The molecule has 206 valence electrons. The van der Waals surface area contributed by atoms with Gasteiger partial charge in [-0.25, -0.2) is 9.97 Å². The summed E-state index contributed by atoms with van der Waals surface area (Å²) in [7, 11) is 0. The topological polar surface area (TPSA) is 32.3 Å². The van der Waals surface area contributed by atoms with Crippen LogP contribution in [-0.4, -0.2) is 16.1 Å². The Balaban J connectivity index is 1.66. The molecule has 0 aliphatic carbocycles. The maximum atomic E-state index is 5.57. The molecule has 1 atom stereocenters. The molecule has 2 aliphatic heterocycles. The summed E-state index contributed by atoms with van der Waals surface area (Å²) in [5, 5.41) is 0. The summed E-state index contributed by atoms with van der Waals surface area (Å²) in [4.78, 5) is 15.9. The molecule has 0 amide bonds. The van der Waals surface area contributed by atoms with E-state index in [1.54, 1.807) is 0 Å². The number of hydrogen-bond donors (Lipinski definition) is 0. The number of nitrogens with zero attached hydrogens (tertiary/aromatic N) is 4. The Bertz CT molecular complexity index is 1480. The van der Waals surface area contributed by atoms with Gasteiger partial charge in [-0.1, -0.05) is 96.1 Å². The maximum Gasteiger partial charge on any atom is 0.179 e. The van der Waals surface area contributed by atoms with Crippen molar-refractivity contribution in [3.05, 3.63) is 95.7 Å². The van der Waals surface area contributed by atoms with Crippen LogP contribution in [0.25, 0.3) is 11.3 Å². The van der Waals surface area contributed by atoms with Crippen LogP contribution >= 0.6 is 0 Å². The van der Waals surface area contributed by atoms with E-state index in [1.165, 1.54) is 33.6 Å². The smallest absolute Gasteiger partial charge is 0.179 e. The minimum Gasteiger partial charge on any atom is -0.301 e. The molecule has 1 aromatic heterocycles. The van der Waals surface area contributed by atoms with Crippen LogP contribution in [0, 0.1) is 5.41 Å². The highest BCUT2D eigenvalue weighted by Crippen LogP contribution is 2.56. The third-order valence-electron chi connectivity index (χ3n) is 9.44. The fourth-order valence-electron chi connectivity index (χ4n) is 7.10. The number of anilines is 4. The van der Waals surface area contributed by atoms with E-state index in [0.29, 0.717) is 11.8 Å². The van der Waals surface area contributed by atoms with E-state index in [0.717, 1.165) is 43.0 Å². The Morgan fingerprint density at radius 1 is 0.775 bits per heavy atom. The zero-order valence-electron chi connectivity index (χ0n) is 24.9. The van der Waals surface area contributed by atoms with Crippen molar-refractivity contribution in [2.75, 3.05) is 9.80 Å². The SMILES string of the molecule is CCC1(CC)CCc2ccccc2N2c3nc(-c4c(C(C)C)cccc4C(C)C)cnc3N(c3ccccc3)C21. The largest absolute Gasteiger partial charge is 0.301 e. The number of aromatic nitrogens is 2. The van der Waals surface area contributed by atoms with Crippen LogP contribution in [0.15, 0.2) is 79.0 Å². The highest BCUT2D eigenvalue weighted by Gasteiger charge is 2.52. The first kappa shape index (κ1) is 26.6. The van der Waals surface area contributed by atoms with Crippen molar-refractivity contribution in [3.63, 3.8) is 0 Å². The summed E-state index contributed by atoms with van der Waals surface area (Å²) in [6, 6.07) is 26.5. The molecular weight excluding hydrogens is 488 g/mol. The van der Waals surface area contributed by atoms with Crippen LogP contribution in [0.4, 0.5) is 23.0 Å². The first-order valence-corrected chi connectivity index (χ1v) is 15.1. The van der Waals surface area contributed by atoms with Crippen LogP contribution in [-0.2, 0) is 6.42 Å². The van der Waals surface area contributed by atoms with Crippen molar-refractivity contribution in [2.45, 2.75) is 85.2 Å². The van der Waals surface area contributed by atoms with Gasteiger partial charge in [0.05, 0.1) is 11.9 Å². The van der Waals surface area contributed by atoms with Crippen molar-refractivity contribution in [2.24, 2.45) is 5.41 Å². The lowest BCUT2D eigenvalue weighted by Crippen LogP contribution is -2.51. The predicted molar refractivity (Wildman–Crippen MR) is 168 cm³/mol. The summed E-state index contributed by atoms with van der Waals surface area (Å²) in [5.41, 5.74) is 8.81. The van der Waals surface area contributed by atoms with Crippen molar-refractivity contribution in [1.82, 2.24) is 9.97 Å². The van der Waals surface area contributed by atoms with Crippen molar-refractivity contribution < 1.29 is 0 Å². The number of fused-ring (bicyclic) bond motifs is 5. The molecule has 0 fully saturated rings. The Labute approximate surface area is 240 Å². The molecule has 3 aromatic carbocycles. The summed E-state index contributed by atoms with van der Waals surface area (Å²) in [6.45, 7) is 13.8. The lowest BCUT2D eigenvalue weighted by Gasteiger charge is -2.45. The van der Waals surface area contributed by atoms with Crippen molar-refractivity contribution >= 4 is 23.0 Å². The quantitative estimate of drug-likeness (QED) is 0.248. The van der Waals surface area contributed by atoms with E-state index in [9.17, 15) is 0 Å². The third kappa shape index (κ3) is 4.11. The van der Waals surface area contributed by atoms with Gasteiger partial charge in [-0.15, -0.1) is 0 Å². The Morgan fingerprint density at radius 2 is 1.43 bits per heavy atom. The molecule has 0 spiro atoms. The maximum absolute atomic E-state index is 5.57. The fraction of sp³-hybridized carbons (Fsp3) is 0.389. The van der Waals surface area contributed by atoms with E-state index in [4.69, 9.17) is 9.97 Å². The number of rotatable bonds is 6. The minimum atomic E-state index is 0.0797. The molecule has 4 heteroatoms. The van der Waals surface area contributed by atoms with Gasteiger partial charge in [0, 0.05) is 22.4 Å². The van der Waals surface area contributed by atoms with E-state index < -0.39 is 0 Å². The normalized spacial score (nSPS) is 17.6. The molecule has 4 nitrogen and oxygen atoms in total. The van der Waals surface area contributed by atoms with Gasteiger partial charge in [-0.3, -0.25) is 0 Å². The molecule has 0 radical (unpaired) electrons. The Hall–Kier alpha value is -3.66. The first-order valence-electron chi connectivity index (χ1n) is 15.1. The summed E-state index contributed by atoms with van der Waals surface area (Å²) in [5.74, 6) is 2.71. The highest BCUT2D eigenvalue weighted by molar-refractivity contribution is 5.87. The third-order valence-corrected chi connectivity index (χ3v) is 9.44. The lowest BCUT2D eigenvalue weighted by atomic mass is 9.74. The molecule has 40 heavy (non-hydrogen) atoms. The number of aryl methyl sites for hydroxylation is 1. The molecule has 3 heterocycles. The zero-order valence-corrected chi connectivity index (χ0v) is 24.9. The van der Waals surface area contributed by atoms with E-state index in [1.807, 2.05) is 6.20 Å². The molecule has 2 aliphatic rings. The second kappa shape index (κ2) is 10.4. The van der Waals surface area contributed by atoms with Crippen molar-refractivity contribution in [3.8, 4) is 11.3 Å². The molecule has 0 saturated carbocycles. The van der Waals surface area contributed by atoms with Gasteiger partial charge < -0.3 is 9.80 Å². The molecular formula is C36H42N4. The Morgan fingerprint density at radius 3 is 2.08 bits per heavy atom. The zero-order chi connectivity index (χ0) is 28.0. The number of para-hydroxylation sites is 2. The number of benzene rings is 3. The molecule has 4 aromatic rings. The van der Waals surface area contributed by atoms with Gasteiger partial charge in [0.1, 0.15) is 6.17 Å². The fourth-order valence-corrected chi connectivity index (χ4v) is 7.10. The molecule has 0 bridgehead atoms. The average molecular weight is 531 g/mol. The van der Waals surface area contributed by atoms with Crippen LogP contribution in [0.1, 0.15) is 89.3 Å². The second-order valence-corrected chi connectivity index (χ2v) is 12.2. The summed E-state index contributed by atoms with van der Waals surface area (Å²) in [6.07, 6.45) is 6.52. The van der Waals surface area contributed by atoms with Gasteiger partial charge in [0.2, 0.25) is 0 Å². The lowest BCUT2D eigenvalue weighted by molar-refractivity contribution is 0.195. The Kier molecular flexibility index (Phi) is 6.90. The monoisotopic (exact) mass is 530 g/mol. The standard InChI is InChI=1S/C36H42N4/c1-7-36(8-2)22-21-26-15-12-13-20-31(26)40-34-33(39(35(36)40)27-16-10-9-11-17-27)37-23-30(38-34)32-28(24(3)4)18-14-19-29(32)25(5)6/h9-20,23-25,35H,7-8,21-22H2,1-6H3. The van der Waals surface area contributed by atoms with Crippen LogP contribution < -0.4 is 9.80 Å². The van der Waals surface area contributed by atoms with Crippen LogP contribution in [0.5, 0.6) is 0 Å². The summed E-state index contributed by atoms with van der Waals surface area (Å²) < 4.78 is 0. The molecule has 0 N–H and O–H groups in total. The van der Waals surface area contributed by atoms with E-state index in [-0.39, 0.29) is 11.6 Å². The van der Waals surface area contributed by atoms with Crippen LogP contribution in [0.3, 0.4) is 0 Å². The highest BCUT2D eigenvalue weighted by atomic mass is 15.5. The van der Waals surface area contributed by atoms with Crippen LogP contribution in [0.2, 0.25) is 0 Å². The molecule has 6 rings (SSSR count). The second-order valence-electron chi connectivity index (χ2n) is 12.2. The van der Waals surface area contributed by atoms with Crippen molar-refractivity contribution in [1.29, 1.82) is 0 Å². The predicted octanol–water partition coefficient (Wildman–Crippen LogP) is 9.76. The van der Waals surface area contributed by atoms with E-state index in [2.05, 4.69) is 124 Å². The first-order chi connectivity index (χ1) is 19.4. The van der Waals surface area contributed by atoms with Gasteiger partial charge in [0.25, 0.3) is 0 Å². The minimum absolute atomic E-state index is 0.0797. The molecule has 1 unspecified atom stereocenters. The van der Waals surface area contributed by atoms with Gasteiger partial charge >= 0.3 is 0 Å². The van der Waals surface area contributed by atoms with Gasteiger partial charge in [0.15, 0.2) is 11.6 Å². The average Bonchev–Trinajstić information content (AvgIpc) is 3.25. The summed E-state index contributed by atoms with van der Waals surface area (Å²) >= 11 is 0. The van der Waals surface area contributed by atoms with E-state index >= 15 is 0 Å². The number of hydrogen-bond acceptors (Lipinski definition) is 4. The van der Waals surface area contributed by atoms with Gasteiger partial charge in [-0.2, -0.15) is 0 Å². The molecule has 0 saturated heterocycles. The van der Waals surface area contributed by atoms with Gasteiger partial charge in [-0.05, 0) is 72.4 Å².